The predicted molar refractivity (Wildman–Crippen MR) is 149 cm³/mol. The number of rotatable bonds is 12. The first-order valence-corrected chi connectivity index (χ1v) is 13.7. The second-order valence-corrected chi connectivity index (χ2v) is 10.6. The van der Waals surface area contributed by atoms with Crippen LogP contribution in [0.15, 0.2) is 54.6 Å². The molecule has 0 atom stereocenters. The third-order valence-corrected chi connectivity index (χ3v) is 7.84. The third-order valence-electron chi connectivity index (χ3n) is 7.84. The van der Waals surface area contributed by atoms with E-state index < -0.39 is 23.0 Å². The molecule has 0 unspecified atom stereocenters. The molecule has 1 N–H and O–H groups in total. The van der Waals surface area contributed by atoms with Gasteiger partial charge in [0.2, 0.25) is 0 Å². The zero-order valence-corrected chi connectivity index (χ0v) is 22.8. The largest absolute Gasteiger partial charge is 0.416 e. The maximum absolute atomic E-state index is 14.6. The second kappa shape index (κ2) is 11.9. The molecule has 0 heterocycles. The van der Waals surface area contributed by atoms with E-state index in [0.29, 0.717) is 37.3 Å². The van der Waals surface area contributed by atoms with Crippen LogP contribution >= 0.6 is 0 Å². The number of aryl methyl sites for hydroxylation is 2. The van der Waals surface area contributed by atoms with Gasteiger partial charge in [-0.1, -0.05) is 49.7 Å². The van der Waals surface area contributed by atoms with Crippen LogP contribution in [0.25, 0.3) is 11.1 Å². The van der Waals surface area contributed by atoms with Gasteiger partial charge >= 0.3 is 6.18 Å². The zero-order valence-electron chi connectivity index (χ0n) is 22.8. The van der Waals surface area contributed by atoms with Crippen molar-refractivity contribution < 1.29 is 27.2 Å². The van der Waals surface area contributed by atoms with Crippen molar-refractivity contribution in [1.29, 1.82) is 5.41 Å². The molecule has 0 aliphatic heterocycles. The van der Waals surface area contributed by atoms with Gasteiger partial charge in [-0.15, -0.1) is 0 Å². The van der Waals surface area contributed by atoms with Gasteiger partial charge in [-0.25, -0.2) is 4.39 Å². The molecule has 0 spiro atoms. The van der Waals surface area contributed by atoms with Gasteiger partial charge in [0.1, 0.15) is 11.6 Å². The van der Waals surface area contributed by atoms with Gasteiger partial charge in [-0.3, -0.25) is 9.59 Å². The van der Waals surface area contributed by atoms with Crippen molar-refractivity contribution in [2.45, 2.75) is 76.8 Å². The Hall–Kier alpha value is -3.61. The molecule has 3 nitrogen and oxygen atoms in total. The van der Waals surface area contributed by atoms with E-state index >= 15 is 0 Å². The molecule has 0 aromatic heterocycles. The van der Waals surface area contributed by atoms with Crippen LogP contribution in [0.4, 0.5) is 17.6 Å². The Morgan fingerprint density at radius 1 is 0.975 bits per heavy atom. The van der Waals surface area contributed by atoms with E-state index in [0.717, 1.165) is 59.2 Å². The summed E-state index contributed by atoms with van der Waals surface area (Å²) in [7, 11) is 0. The fourth-order valence-electron chi connectivity index (χ4n) is 5.38. The van der Waals surface area contributed by atoms with E-state index in [1.54, 1.807) is 0 Å². The Labute approximate surface area is 232 Å². The first-order valence-electron chi connectivity index (χ1n) is 13.7. The lowest BCUT2D eigenvalue weighted by Gasteiger charge is -2.17. The van der Waals surface area contributed by atoms with Crippen LogP contribution < -0.4 is 0 Å². The zero-order chi connectivity index (χ0) is 29.1. The van der Waals surface area contributed by atoms with Gasteiger partial charge in [0.05, 0.1) is 11.0 Å². The standard InChI is InChI=1S/C33H33F4NO2/c1-3-4-7-23-18-24(10-11-25(23)20-38)27-13-9-22(17-28(27)21(2)39)6-5-8-31(40)32(15-16-32)29-14-12-26(19-30(29)34)33(35,36)37/h9-14,17-20,38H,3-8,15-16H2,1-2H3. The van der Waals surface area contributed by atoms with Crippen molar-refractivity contribution >= 4 is 17.8 Å². The van der Waals surface area contributed by atoms with Gasteiger partial charge in [0, 0.05) is 23.8 Å². The average molecular weight is 552 g/mol. The van der Waals surface area contributed by atoms with Crippen LogP contribution in [-0.4, -0.2) is 17.8 Å². The van der Waals surface area contributed by atoms with E-state index in [2.05, 4.69) is 6.92 Å². The lowest BCUT2D eigenvalue weighted by molar-refractivity contribution is -0.137. The Morgan fingerprint density at radius 3 is 2.33 bits per heavy atom. The molecule has 0 saturated heterocycles. The molecule has 210 valence electrons. The monoisotopic (exact) mass is 551 g/mol. The van der Waals surface area contributed by atoms with Crippen molar-refractivity contribution in [3.05, 3.63) is 93.8 Å². The predicted octanol–water partition coefficient (Wildman–Crippen LogP) is 8.68. The van der Waals surface area contributed by atoms with Gasteiger partial charge in [0.25, 0.3) is 0 Å². The highest BCUT2D eigenvalue weighted by molar-refractivity contribution is 6.01. The van der Waals surface area contributed by atoms with Gasteiger partial charge in [0.15, 0.2) is 5.78 Å². The number of hydrogen-bond acceptors (Lipinski definition) is 3. The smallest absolute Gasteiger partial charge is 0.308 e. The molecule has 1 aliphatic rings. The quantitative estimate of drug-likeness (QED) is 0.139. The number of halogens is 4. The van der Waals surface area contributed by atoms with Crippen molar-refractivity contribution in [2.24, 2.45) is 0 Å². The Kier molecular flexibility index (Phi) is 8.71. The molecule has 3 aromatic rings. The summed E-state index contributed by atoms with van der Waals surface area (Å²) in [5.74, 6) is -1.23. The highest BCUT2D eigenvalue weighted by Gasteiger charge is 2.52. The van der Waals surface area contributed by atoms with Crippen molar-refractivity contribution in [3.63, 3.8) is 0 Å². The van der Waals surface area contributed by atoms with Crippen LogP contribution in [0.3, 0.4) is 0 Å². The highest BCUT2D eigenvalue weighted by Crippen LogP contribution is 2.51. The maximum atomic E-state index is 14.6. The number of carbonyl (C=O) groups excluding carboxylic acids is 2. The third kappa shape index (κ3) is 6.24. The topological polar surface area (TPSA) is 58.0 Å². The lowest BCUT2D eigenvalue weighted by atomic mass is 9.87. The van der Waals surface area contributed by atoms with Crippen LogP contribution in [0.2, 0.25) is 0 Å². The van der Waals surface area contributed by atoms with Crippen molar-refractivity contribution in [3.8, 4) is 11.1 Å². The maximum Gasteiger partial charge on any atom is 0.416 e. The van der Waals surface area contributed by atoms with Crippen molar-refractivity contribution in [2.75, 3.05) is 0 Å². The van der Waals surface area contributed by atoms with Gasteiger partial charge < -0.3 is 5.41 Å². The first-order chi connectivity index (χ1) is 19.0. The summed E-state index contributed by atoms with van der Waals surface area (Å²) in [6.45, 7) is 3.64. The molecule has 1 fully saturated rings. The number of ketones is 2. The normalized spacial score (nSPS) is 14.2. The SMILES string of the molecule is CCCCc1cc(-c2ccc(CCCC(=O)C3(c4ccc(C(F)(F)F)cc4F)CC3)cc2C(C)=O)ccc1C=N. The number of Topliss-reactive ketones (excluding diaryl/α,β-unsaturated/α-hetero) is 2. The molecule has 1 aliphatic carbocycles. The summed E-state index contributed by atoms with van der Waals surface area (Å²) >= 11 is 0. The Bertz CT molecular complexity index is 1440. The fourth-order valence-corrected chi connectivity index (χ4v) is 5.38. The molecule has 4 rings (SSSR count). The highest BCUT2D eigenvalue weighted by atomic mass is 19.4. The van der Waals surface area contributed by atoms with Crippen LogP contribution in [0.1, 0.15) is 90.5 Å². The molecule has 1 saturated carbocycles. The van der Waals surface area contributed by atoms with E-state index in [9.17, 15) is 27.2 Å². The summed E-state index contributed by atoms with van der Waals surface area (Å²) in [6.07, 6.45) is 1.65. The van der Waals surface area contributed by atoms with Crippen LogP contribution in [0, 0.1) is 11.2 Å². The molecule has 0 amide bonds. The van der Waals surface area contributed by atoms with E-state index in [4.69, 9.17) is 5.41 Å². The van der Waals surface area contributed by atoms with E-state index in [1.807, 2.05) is 36.4 Å². The molecule has 7 heteroatoms. The number of hydrogen-bond donors (Lipinski definition) is 1. The minimum atomic E-state index is -4.64. The summed E-state index contributed by atoms with van der Waals surface area (Å²) in [5, 5.41) is 7.70. The second-order valence-electron chi connectivity index (χ2n) is 10.6. The molecular weight excluding hydrogens is 518 g/mol. The molecule has 0 radical (unpaired) electrons. The number of carbonyl (C=O) groups is 2. The van der Waals surface area contributed by atoms with E-state index in [1.165, 1.54) is 13.1 Å². The average Bonchev–Trinajstić information content (AvgIpc) is 3.73. The number of nitrogens with one attached hydrogen (secondary N) is 1. The molecule has 40 heavy (non-hydrogen) atoms. The summed E-state index contributed by atoms with van der Waals surface area (Å²) < 4.78 is 53.4. The molecule has 0 bridgehead atoms. The summed E-state index contributed by atoms with van der Waals surface area (Å²) in [4.78, 5) is 25.6. The number of benzene rings is 3. The lowest BCUT2D eigenvalue weighted by Crippen LogP contribution is -2.22. The minimum absolute atomic E-state index is 0.0426. The summed E-state index contributed by atoms with van der Waals surface area (Å²) in [6, 6.07) is 14.0. The van der Waals surface area contributed by atoms with Crippen LogP contribution in [0.5, 0.6) is 0 Å². The summed E-state index contributed by atoms with van der Waals surface area (Å²) in [5.41, 5.74) is 3.09. The van der Waals surface area contributed by atoms with Crippen molar-refractivity contribution in [1.82, 2.24) is 0 Å². The first kappa shape index (κ1) is 29.4. The van der Waals surface area contributed by atoms with Crippen LogP contribution in [-0.2, 0) is 29.2 Å². The number of unbranched alkanes of at least 4 members (excludes halogenated alkanes) is 1. The number of alkyl halides is 3. The van der Waals surface area contributed by atoms with Gasteiger partial charge in [-0.2, -0.15) is 13.2 Å². The molecular formula is C33H33F4NO2. The van der Waals surface area contributed by atoms with E-state index in [-0.39, 0.29) is 23.6 Å². The Morgan fingerprint density at radius 2 is 1.73 bits per heavy atom. The Balaban J connectivity index is 1.47. The minimum Gasteiger partial charge on any atom is -0.308 e. The molecule has 3 aromatic carbocycles. The fraction of sp³-hybridized carbons (Fsp3) is 0.364. The van der Waals surface area contributed by atoms with Gasteiger partial charge in [-0.05, 0) is 91.5 Å².